The Bertz CT molecular complexity index is 329. The number of rotatable bonds is 7. The first-order valence-electron chi connectivity index (χ1n) is 5.54. The van der Waals surface area contributed by atoms with Gasteiger partial charge in [0.2, 0.25) is 0 Å². The van der Waals surface area contributed by atoms with Crippen LogP contribution in [0.5, 0.6) is 0 Å². The van der Waals surface area contributed by atoms with Gasteiger partial charge in [0.1, 0.15) is 11.9 Å². The molecular weight excluding hydrogens is 202 g/mol. The van der Waals surface area contributed by atoms with Gasteiger partial charge in [-0.15, -0.1) is 0 Å². The topological polar surface area (TPSA) is 57.9 Å². The fraction of sp³-hybridized carbons (Fsp3) is 0.500. The zero-order valence-electron chi connectivity index (χ0n) is 9.57. The van der Waals surface area contributed by atoms with E-state index in [0.29, 0.717) is 12.2 Å². The van der Waals surface area contributed by atoms with Crippen molar-refractivity contribution in [2.75, 3.05) is 25.1 Å². The van der Waals surface area contributed by atoms with Crippen LogP contribution in [0.2, 0.25) is 0 Å². The fourth-order valence-corrected chi connectivity index (χ4v) is 1.16. The van der Waals surface area contributed by atoms with Gasteiger partial charge in [0, 0.05) is 19.3 Å². The Morgan fingerprint density at radius 2 is 2.31 bits per heavy atom. The highest BCUT2D eigenvalue weighted by molar-refractivity contribution is 5.38. The Labute approximate surface area is 96.3 Å². The first-order chi connectivity index (χ1) is 7.86. The summed E-state index contributed by atoms with van der Waals surface area (Å²) in [7, 11) is 0. The lowest BCUT2D eigenvalue weighted by Gasteiger charge is -2.06. The molecule has 0 fully saturated rings. The van der Waals surface area contributed by atoms with Crippen molar-refractivity contribution in [2.24, 2.45) is 0 Å². The van der Waals surface area contributed by atoms with Gasteiger partial charge in [-0.2, -0.15) is 5.26 Å². The van der Waals surface area contributed by atoms with Gasteiger partial charge in [0.15, 0.2) is 0 Å². The number of nitrogens with one attached hydrogen (secondary N) is 1. The Hall–Kier alpha value is -1.60. The molecule has 4 nitrogen and oxygen atoms in total. The number of nitriles is 1. The van der Waals surface area contributed by atoms with Crippen molar-refractivity contribution in [3.63, 3.8) is 0 Å². The standard InChI is InChI=1S/C12H17N3O/c1-2-3-7-16-8-6-14-12-5-4-11(9-13)10-15-12/h4-5,10H,2-3,6-8H2,1H3,(H,14,15). The second-order valence-electron chi connectivity index (χ2n) is 3.44. The Morgan fingerprint density at radius 3 is 2.94 bits per heavy atom. The van der Waals surface area contributed by atoms with Gasteiger partial charge in [0.25, 0.3) is 0 Å². The van der Waals surface area contributed by atoms with Crippen molar-refractivity contribution < 1.29 is 4.74 Å². The van der Waals surface area contributed by atoms with E-state index in [-0.39, 0.29) is 0 Å². The third-order valence-electron chi connectivity index (χ3n) is 2.09. The average Bonchev–Trinajstić information content (AvgIpc) is 2.34. The molecule has 1 rings (SSSR count). The molecule has 0 saturated carbocycles. The second-order valence-corrected chi connectivity index (χ2v) is 3.44. The summed E-state index contributed by atoms with van der Waals surface area (Å²) in [5.41, 5.74) is 0.574. The van der Waals surface area contributed by atoms with Crippen LogP contribution in [0.3, 0.4) is 0 Å². The molecule has 0 unspecified atom stereocenters. The van der Waals surface area contributed by atoms with Crippen molar-refractivity contribution in [2.45, 2.75) is 19.8 Å². The van der Waals surface area contributed by atoms with Crippen LogP contribution >= 0.6 is 0 Å². The van der Waals surface area contributed by atoms with Crippen molar-refractivity contribution in [1.29, 1.82) is 5.26 Å². The first-order valence-corrected chi connectivity index (χ1v) is 5.54. The molecule has 0 spiro atoms. The van der Waals surface area contributed by atoms with Crippen LogP contribution in [-0.2, 0) is 4.74 Å². The average molecular weight is 219 g/mol. The van der Waals surface area contributed by atoms with E-state index in [4.69, 9.17) is 10.00 Å². The summed E-state index contributed by atoms with van der Waals surface area (Å²) in [6.45, 7) is 4.38. The highest BCUT2D eigenvalue weighted by Gasteiger charge is 1.94. The van der Waals surface area contributed by atoms with Crippen LogP contribution in [0.4, 0.5) is 5.82 Å². The van der Waals surface area contributed by atoms with E-state index in [1.165, 1.54) is 0 Å². The molecule has 16 heavy (non-hydrogen) atoms. The number of hydrogen-bond acceptors (Lipinski definition) is 4. The zero-order valence-corrected chi connectivity index (χ0v) is 9.57. The summed E-state index contributed by atoms with van der Waals surface area (Å²) in [6.07, 6.45) is 3.82. The van der Waals surface area contributed by atoms with Crippen molar-refractivity contribution in [3.05, 3.63) is 23.9 Å². The Morgan fingerprint density at radius 1 is 1.44 bits per heavy atom. The number of nitrogens with zero attached hydrogens (tertiary/aromatic N) is 2. The molecule has 0 atom stereocenters. The Balaban J connectivity index is 2.15. The molecule has 0 bridgehead atoms. The third kappa shape index (κ3) is 4.76. The SMILES string of the molecule is CCCCOCCNc1ccc(C#N)cn1. The number of unbranched alkanes of at least 4 members (excludes halogenated alkanes) is 1. The molecule has 0 amide bonds. The number of anilines is 1. The second kappa shape index (κ2) is 7.66. The number of ether oxygens (including phenoxy) is 1. The van der Waals surface area contributed by atoms with E-state index >= 15 is 0 Å². The molecule has 0 aromatic carbocycles. The molecule has 1 heterocycles. The summed E-state index contributed by atoms with van der Waals surface area (Å²) in [5, 5.41) is 11.7. The monoisotopic (exact) mass is 219 g/mol. The van der Waals surface area contributed by atoms with E-state index < -0.39 is 0 Å². The predicted octanol–water partition coefficient (Wildman–Crippen LogP) is 2.18. The molecular formula is C12H17N3O. The minimum absolute atomic E-state index is 0.574. The lowest BCUT2D eigenvalue weighted by molar-refractivity contribution is 0.141. The number of pyridine rings is 1. The van der Waals surface area contributed by atoms with Gasteiger partial charge >= 0.3 is 0 Å². The summed E-state index contributed by atoms with van der Waals surface area (Å²) >= 11 is 0. The van der Waals surface area contributed by atoms with E-state index in [9.17, 15) is 0 Å². The fourth-order valence-electron chi connectivity index (χ4n) is 1.16. The van der Waals surface area contributed by atoms with Gasteiger partial charge in [0.05, 0.1) is 12.2 Å². The molecule has 0 radical (unpaired) electrons. The van der Waals surface area contributed by atoms with Crippen LogP contribution < -0.4 is 5.32 Å². The van der Waals surface area contributed by atoms with Crippen LogP contribution in [0.1, 0.15) is 25.3 Å². The van der Waals surface area contributed by atoms with Crippen molar-refractivity contribution in [3.8, 4) is 6.07 Å². The van der Waals surface area contributed by atoms with E-state index in [0.717, 1.165) is 31.8 Å². The van der Waals surface area contributed by atoms with E-state index in [2.05, 4.69) is 17.2 Å². The lowest BCUT2D eigenvalue weighted by Crippen LogP contribution is -2.10. The molecule has 0 aliphatic carbocycles. The highest BCUT2D eigenvalue weighted by Crippen LogP contribution is 2.03. The largest absolute Gasteiger partial charge is 0.380 e. The molecule has 1 N–H and O–H groups in total. The van der Waals surface area contributed by atoms with Crippen LogP contribution in [0.15, 0.2) is 18.3 Å². The number of aromatic nitrogens is 1. The molecule has 0 aliphatic rings. The van der Waals surface area contributed by atoms with Crippen LogP contribution in [0, 0.1) is 11.3 Å². The molecule has 4 heteroatoms. The van der Waals surface area contributed by atoms with Gasteiger partial charge in [-0.25, -0.2) is 4.98 Å². The van der Waals surface area contributed by atoms with Gasteiger partial charge < -0.3 is 10.1 Å². The zero-order chi connectivity index (χ0) is 11.6. The molecule has 1 aromatic heterocycles. The summed E-state index contributed by atoms with van der Waals surface area (Å²) in [6, 6.07) is 5.57. The van der Waals surface area contributed by atoms with Gasteiger partial charge in [-0.3, -0.25) is 0 Å². The lowest BCUT2D eigenvalue weighted by atomic mass is 10.3. The van der Waals surface area contributed by atoms with Crippen LogP contribution in [-0.4, -0.2) is 24.7 Å². The maximum Gasteiger partial charge on any atom is 0.126 e. The Kier molecular flexibility index (Phi) is 5.97. The van der Waals surface area contributed by atoms with Crippen LogP contribution in [0.25, 0.3) is 0 Å². The molecule has 0 aliphatic heterocycles. The van der Waals surface area contributed by atoms with Crippen molar-refractivity contribution in [1.82, 2.24) is 4.98 Å². The smallest absolute Gasteiger partial charge is 0.126 e. The molecule has 1 aromatic rings. The predicted molar refractivity (Wildman–Crippen MR) is 63.2 cm³/mol. The minimum atomic E-state index is 0.574. The maximum atomic E-state index is 8.59. The van der Waals surface area contributed by atoms with Crippen molar-refractivity contribution >= 4 is 5.82 Å². The van der Waals surface area contributed by atoms with Gasteiger partial charge in [-0.05, 0) is 18.6 Å². The summed E-state index contributed by atoms with van der Waals surface area (Å²) < 4.78 is 5.40. The van der Waals surface area contributed by atoms with E-state index in [1.54, 1.807) is 18.3 Å². The first kappa shape index (κ1) is 12.5. The number of hydrogen-bond donors (Lipinski definition) is 1. The highest BCUT2D eigenvalue weighted by atomic mass is 16.5. The quantitative estimate of drug-likeness (QED) is 0.714. The van der Waals surface area contributed by atoms with E-state index in [1.807, 2.05) is 6.07 Å². The van der Waals surface area contributed by atoms with Gasteiger partial charge in [-0.1, -0.05) is 13.3 Å². The maximum absolute atomic E-state index is 8.59. The third-order valence-corrected chi connectivity index (χ3v) is 2.09. The minimum Gasteiger partial charge on any atom is -0.380 e. The summed E-state index contributed by atoms with van der Waals surface area (Å²) in [5.74, 6) is 0.776. The molecule has 0 saturated heterocycles. The normalized spacial score (nSPS) is 9.75. The molecule has 86 valence electrons. The summed E-state index contributed by atoms with van der Waals surface area (Å²) in [4.78, 5) is 4.09.